The highest BCUT2D eigenvalue weighted by Crippen LogP contribution is 2.38. The number of carbonyl (C=O) groups is 1. The van der Waals surface area contributed by atoms with Gasteiger partial charge in [0.05, 0.1) is 11.4 Å². The third kappa shape index (κ3) is 2.63. The first-order valence-electron chi connectivity index (χ1n) is 7.68. The number of ether oxygens (including phenoxy) is 2. The summed E-state index contributed by atoms with van der Waals surface area (Å²) >= 11 is 6.24. The minimum absolute atomic E-state index is 0.0719. The van der Waals surface area contributed by atoms with Gasteiger partial charge < -0.3 is 14.4 Å². The Hall–Kier alpha value is -2.20. The van der Waals surface area contributed by atoms with Crippen LogP contribution < -0.4 is 14.4 Å². The molecule has 0 aromatic heterocycles. The molecule has 5 heteroatoms. The van der Waals surface area contributed by atoms with E-state index in [-0.39, 0.29) is 5.91 Å². The molecule has 0 saturated heterocycles. The largest absolute Gasteiger partial charge is 0.486 e. The van der Waals surface area contributed by atoms with E-state index < -0.39 is 0 Å². The summed E-state index contributed by atoms with van der Waals surface area (Å²) in [6.45, 7) is 1.73. The maximum absolute atomic E-state index is 12.7. The number of fused-ring (bicyclic) bond motifs is 2. The van der Waals surface area contributed by atoms with Crippen LogP contribution in [0.4, 0.5) is 5.69 Å². The van der Waals surface area contributed by atoms with Crippen LogP contribution in [0.1, 0.15) is 11.1 Å². The molecule has 2 aromatic carbocycles. The second-order valence-corrected chi connectivity index (χ2v) is 6.11. The van der Waals surface area contributed by atoms with Crippen molar-refractivity contribution in [3.8, 4) is 11.5 Å². The van der Waals surface area contributed by atoms with Crippen molar-refractivity contribution >= 4 is 23.2 Å². The zero-order valence-electron chi connectivity index (χ0n) is 12.5. The molecule has 4 rings (SSSR count). The predicted molar refractivity (Wildman–Crippen MR) is 88.6 cm³/mol. The van der Waals surface area contributed by atoms with Crippen LogP contribution in [-0.2, 0) is 17.6 Å². The van der Waals surface area contributed by atoms with E-state index in [4.69, 9.17) is 21.1 Å². The van der Waals surface area contributed by atoms with Gasteiger partial charge in [0.1, 0.15) is 13.2 Å². The molecule has 4 nitrogen and oxygen atoms in total. The van der Waals surface area contributed by atoms with E-state index in [1.807, 2.05) is 29.2 Å². The maximum atomic E-state index is 12.7. The molecule has 0 aliphatic carbocycles. The molecule has 23 heavy (non-hydrogen) atoms. The van der Waals surface area contributed by atoms with Crippen molar-refractivity contribution in [2.24, 2.45) is 0 Å². The number of anilines is 1. The standard InChI is InChI=1S/C18H16ClNO3/c19-14-9-12(10-16-18(14)23-8-7-22-16)11-17(21)20-6-5-13-3-1-2-4-15(13)20/h1-4,9-10H,5-8,11H2. The molecule has 2 aliphatic rings. The minimum atomic E-state index is 0.0719. The second-order valence-electron chi connectivity index (χ2n) is 5.70. The van der Waals surface area contributed by atoms with Crippen molar-refractivity contribution in [1.82, 2.24) is 0 Å². The molecule has 0 atom stereocenters. The van der Waals surface area contributed by atoms with E-state index in [0.717, 1.165) is 24.2 Å². The normalized spacial score (nSPS) is 15.4. The lowest BCUT2D eigenvalue weighted by Gasteiger charge is -2.21. The van der Waals surface area contributed by atoms with Crippen LogP contribution in [0.3, 0.4) is 0 Å². The van der Waals surface area contributed by atoms with Crippen molar-refractivity contribution in [2.45, 2.75) is 12.8 Å². The molecule has 1 amide bonds. The van der Waals surface area contributed by atoms with Crippen molar-refractivity contribution in [3.05, 3.63) is 52.5 Å². The van der Waals surface area contributed by atoms with Crippen LogP contribution >= 0.6 is 11.6 Å². The molecule has 2 aromatic rings. The summed E-state index contributed by atoms with van der Waals surface area (Å²) in [7, 11) is 0. The van der Waals surface area contributed by atoms with Gasteiger partial charge in [0.25, 0.3) is 0 Å². The number of rotatable bonds is 2. The van der Waals surface area contributed by atoms with E-state index in [1.54, 1.807) is 6.07 Å². The van der Waals surface area contributed by atoms with Crippen molar-refractivity contribution in [1.29, 1.82) is 0 Å². The number of hydrogen-bond donors (Lipinski definition) is 0. The molecule has 2 heterocycles. The highest BCUT2D eigenvalue weighted by Gasteiger charge is 2.25. The highest BCUT2D eigenvalue weighted by atomic mass is 35.5. The lowest BCUT2D eigenvalue weighted by Crippen LogP contribution is -2.30. The van der Waals surface area contributed by atoms with Gasteiger partial charge in [0.15, 0.2) is 11.5 Å². The van der Waals surface area contributed by atoms with Crippen LogP contribution in [0.25, 0.3) is 0 Å². The molecule has 2 aliphatic heterocycles. The van der Waals surface area contributed by atoms with Crippen molar-refractivity contribution in [2.75, 3.05) is 24.7 Å². The average molecular weight is 330 g/mol. The lowest BCUT2D eigenvalue weighted by molar-refractivity contribution is -0.117. The fourth-order valence-electron chi connectivity index (χ4n) is 3.13. The van der Waals surface area contributed by atoms with Crippen LogP contribution in [0.5, 0.6) is 11.5 Å². The molecule has 0 bridgehead atoms. The first-order chi connectivity index (χ1) is 11.2. The van der Waals surface area contributed by atoms with E-state index in [1.165, 1.54) is 5.56 Å². The Morgan fingerprint density at radius 3 is 2.91 bits per heavy atom. The van der Waals surface area contributed by atoms with Crippen LogP contribution in [0, 0.1) is 0 Å². The van der Waals surface area contributed by atoms with E-state index in [2.05, 4.69) is 6.07 Å². The number of nitrogens with zero attached hydrogens (tertiary/aromatic N) is 1. The zero-order valence-corrected chi connectivity index (χ0v) is 13.3. The molecule has 0 unspecified atom stereocenters. The monoisotopic (exact) mass is 329 g/mol. The molecule has 0 spiro atoms. The molecular weight excluding hydrogens is 314 g/mol. The maximum Gasteiger partial charge on any atom is 0.231 e. The van der Waals surface area contributed by atoms with E-state index in [0.29, 0.717) is 36.2 Å². The summed E-state index contributed by atoms with van der Waals surface area (Å²) in [6.07, 6.45) is 1.20. The van der Waals surface area contributed by atoms with E-state index >= 15 is 0 Å². The van der Waals surface area contributed by atoms with Crippen LogP contribution in [0.2, 0.25) is 5.02 Å². The van der Waals surface area contributed by atoms with Gasteiger partial charge in [-0.3, -0.25) is 4.79 Å². The summed E-state index contributed by atoms with van der Waals surface area (Å²) in [5, 5.41) is 0.492. The SMILES string of the molecule is O=C(Cc1cc(Cl)c2c(c1)OCCO2)N1CCc2ccccc21. The number of hydrogen-bond acceptors (Lipinski definition) is 3. The molecule has 118 valence electrons. The fraction of sp³-hybridized carbons (Fsp3) is 0.278. The summed E-state index contributed by atoms with van der Waals surface area (Å²) in [4.78, 5) is 14.5. The first-order valence-corrected chi connectivity index (χ1v) is 8.06. The molecular formula is C18H16ClNO3. The quantitative estimate of drug-likeness (QED) is 0.849. The third-order valence-corrected chi connectivity index (χ3v) is 4.48. The van der Waals surface area contributed by atoms with Gasteiger partial charge in [-0.1, -0.05) is 29.8 Å². The Balaban J connectivity index is 1.57. The number of carbonyl (C=O) groups excluding carboxylic acids is 1. The van der Waals surface area contributed by atoms with Crippen molar-refractivity contribution < 1.29 is 14.3 Å². The first kappa shape index (κ1) is 14.4. The van der Waals surface area contributed by atoms with Gasteiger partial charge in [-0.2, -0.15) is 0 Å². The minimum Gasteiger partial charge on any atom is -0.486 e. The van der Waals surface area contributed by atoms with Crippen molar-refractivity contribution in [3.63, 3.8) is 0 Å². The third-order valence-electron chi connectivity index (χ3n) is 4.20. The fourth-order valence-corrected chi connectivity index (χ4v) is 3.42. The van der Waals surface area contributed by atoms with Gasteiger partial charge in [-0.05, 0) is 35.7 Å². The Morgan fingerprint density at radius 1 is 1.17 bits per heavy atom. The topological polar surface area (TPSA) is 38.8 Å². The smallest absolute Gasteiger partial charge is 0.231 e. The van der Waals surface area contributed by atoms with E-state index in [9.17, 15) is 4.79 Å². The Kier molecular flexibility index (Phi) is 3.62. The summed E-state index contributed by atoms with van der Waals surface area (Å²) in [5.74, 6) is 1.26. The molecule has 0 radical (unpaired) electrons. The zero-order chi connectivity index (χ0) is 15.8. The Labute approximate surface area is 139 Å². The summed E-state index contributed by atoms with van der Waals surface area (Å²) in [5.41, 5.74) is 3.08. The average Bonchev–Trinajstić information content (AvgIpc) is 2.99. The number of amides is 1. The Bertz CT molecular complexity index is 775. The molecule has 0 fully saturated rings. The number of halogens is 1. The molecule has 0 N–H and O–H groups in total. The van der Waals surface area contributed by atoms with Gasteiger partial charge in [0, 0.05) is 12.2 Å². The van der Waals surface area contributed by atoms with Gasteiger partial charge in [0.2, 0.25) is 5.91 Å². The summed E-state index contributed by atoms with van der Waals surface area (Å²) in [6, 6.07) is 11.7. The van der Waals surface area contributed by atoms with Gasteiger partial charge in [-0.25, -0.2) is 0 Å². The highest BCUT2D eigenvalue weighted by molar-refractivity contribution is 6.32. The predicted octanol–water partition coefficient (Wildman–Crippen LogP) is 3.24. The number of para-hydroxylation sites is 1. The van der Waals surface area contributed by atoms with Gasteiger partial charge >= 0.3 is 0 Å². The number of benzene rings is 2. The molecule has 0 saturated carbocycles. The second kappa shape index (κ2) is 5.78. The van der Waals surface area contributed by atoms with Crippen LogP contribution in [0.15, 0.2) is 36.4 Å². The lowest BCUT2D eigenvalue weighted by atomic mass is 10.1. The Morgan fingerprint density at radius 2 is 2.00 bits per heavy atom. The van der Waals surface area contributed by atoms with Gasteiger partial charge in [-0.15, -0.1) is 0 Å². The van der Waals surface area contributed by atoms with Crippen LogP contribution in [-0.4, -0.2) is 25.7 Å². The summed E-state index contributed by atoms with van der Waals surface area (Å²) < 4.78 is 11.1.